The second kappa shape index (κ2) is 5.70. The summed E-state index contributed by atoms with van der Waals surface area (Å²) in [6.45, 7) is 11.7. The van der Waals surface area contributed by atoms with E-state index in [1.165, 1.54) is 19.3 Å². The van der Waals surface area contributed by atoms with Crippen LogP contribution < -0.4 is 0 Å². The zero-order valence-corrected chi connectivity index (χ0v) is 12.8. The number of hydrogen-bond donors (Lipinski definition) is 0. The fourth-order valence-corrected chi connectivity index (χ4v) is 3.10. The minimum absolute atomic E-state index is 0.160. The van der Waals surface area contributed by atoms with Gasteiger partial charge in [0.1, 0.15) is 5.60 Å². The molecule has 0 aromatic carbocycles. The lowest BCUT2D eigenvalue weighted by atomic mass is 10.1. The van der Waals surface area contributed by atoms with Crippen molar-refractivity contribution in [3.8, 4) is 0 Å². The van der Waals surface area contributed by atoms with Gasteiger partial charge in [0.05, 0.1) is 0 Å². The van der Waals surface area contributed by atoms with Gasteiger partial charge in [-0.1, -0.05) is 6.92 Å². The van der Waals surface area contributed by atoms with Crippen LogP contribution in [-0.4, -0.2) is 53.7 Å². The van der Waals surface area contributed by atoms with Crippen molar-refractivity contribution in [3.05, 3.63) is 0 Å². The van der Waals surface area contributed by atoms with Gasteiger partial charge in [0, 0.05) is 32.2 Å². The van der Waals surface area contributed by atoms with Gasteiger partial charge in [-0.05, 0) is 46.0 Å². The van der Waals surface area contributed by atoms with Crippen LogP contribution in [0.1, 0.15) is 47.0 Å². The maximum absolute atomic E-state index is 12.0. The first-order valence-corrected chi connectivity index (χ1v) is 7.57. The van der Waals surface area contributed by atoms with Crippen LogP contribution in [0, 0.1) is 5.92 Å². The minimum Gasteiger partial charge on any atom is -0.444 e. The van der Waals surface area contributed by atoms with Crippen molar-refractivity contribution >= 4 is 6.09 Å². The summed E-state index contributed by atoms with van der Waals surface area (Å²) < 4.78 is 5.42. The van der Waals surface area contributed by atoms with Gasteiger partial charge in [-0.15, -0.1) is 0 Å². The largest absolute Gasteiger partial charge is 0.444 e. The molecule has 2 rings (SSSR count). The van der Waals surface area contributed by atoms with E-state index in [9.17, 15) is 4.79 Å². The number of carbonyl (C=O) groups is 1. The Bertz CT molecular complexity index is 317. The lowest BCUT2D eigenvalue weighted by Crippen LogP contribution is -2.52. The first-order chi connectivity index (χ1) is 8.85. The van der Waals surface area contributed by atoms with Crippen LogP contribution in [0.25, 0.3) is 0 Å². The van der Waals surface area contributed by atoms with Crippen molar-refractivity contribution in [1.82, 2.24) is 9.80 Å². The predicted molar refractivity (Wildman–Crippen MR) is 76.2 cm³/mol. The molecule has 0 bridgehead atoms. The highest BCUT2D eigenvalue weighted by molar-refractivity contribution is 5.68. The van der Waals surface area contributed by atoms with E-state index in [4.69, 9.17) is 4.74 Å². The topological polar surface area (TPSA) is 32.8 Å². The van der Waals surface area contributed by atoms with Crippen molar-refractivity contribution in [2.45, 2.75) is 58.6 Å². The Morgan fingerprint density at radius 3 is 2.21 bits per heavy atom. The first-order valence-electron chi connectivity index (χ1n) is 7.57. The number of amides is 1. The van der Waals surface area contributed by atoms with Crippen molar-refractivity contribution in [2.75, 3.05) is 26.2 Å². The third-order valence-corrected chi connectivity index (χ3v) is 4.15. The van der Waals surface area contributed by atoms with Crippen molar-refractivity contribution in [2.24, 2.45) is 5.92 Å². The molecule has 1 saturated carbocycles. The fraction of sp³-hybridized carbons (Fsp3) is 0.933. The Hall–Kier alpha value is -0.770. The molecule has 1 aliphatic heterocycles. The molecule has 0 unspecified atom stereocenters. The normalized spacial score (nSPS) is 29.6. The highest BCUT2D eigenvalue weighted by Gasteiger charge is 2.31. The van der Waals surface area contributed by atoms with Gasteiger partial charge >= 0.3 is 6.09 Å². The quantitative estimate of drug-likeness (QED) is 0.733. The van der Waals surface area contributed by atoms with Gasteiger partial charge in [-0.3, -0.25) is 4.90 Å². The molecule has 1 aliphatic carbocycles. The molecule has 19 heavy (non-hydrogen) atoms. The molecule has 1 amide bonds. The van der Waals surface area contributed by atoms with Gasteiger partial charge in [-0.2, -0.15) is 0 Å². The van der Waals surface area contributed by atoms with Crippen LogP contribution in [0.5, 0.6) is 0 Å². The third-order valence-electron chi connectivity index (χ3n) is 4.15. The van der Waals surface area contributed by atoms with E-state index >= 15 is 0 Å². The molecule has 1 saturated heterocycles. The fourth-order valence-electron chi connectivity index (χ4n) is 3.10. The Labute approximate surface area is 117 Å². The number of nitrogens with zero attached hydrogens (tertiary/aromatic N) is 2. The minimum atomic E-state index is -0.394. The van der Waals surface area contributed by atoms with E-state index < -0.39 is 5.60 Å². The van der Waals surface area contributed by atoms with E-state index in [-0.39, 0.29) is 6.09 Å². The van der Waals surface area contributed by atoms with E-state index in [1.807, 2.05) is 25.7 Å². The molecule has 2 fully saturated rings. The predicted octanol–water partition coefficient (Wildman–Crippen LogP) is 2.73. The Morgan fingerprint density at radius 1 is 1.11 bits per heavy atom. The maximum Gasteiger partial charge on any atom is 0.410 e. The van der Waals surface area contributed by atoms with Crippen LogP contribution in [0.3, 0.4) is 0 Å². The Kier molecular flexibility index (Phi) is 4.39. The SMILES string of the molecule is C[C@H]1CC[C@@H](N2CCN(C(=O)OC(C)(C)C)CC2)C1. The molecular weight excluding hydrogens is 240 g/mol. The molecule has 1 heterocycles. The van der Waals surface area contributed by atoms with Crippen LogP contribution in [0.2, 0.25) is 0 Å². The van der Waals surface area contributed by atoms with Gasteiger partial charge < -0.3 is 9.64 Å². The summed E-state index contributed by atoms with van der Waals surface area (Å²) >= 11 is 0. The number of carbonyl (C=O) groups excluding carboxylic acids is 1. The maximum atomic E-state index is 12.0. The molecular formula is C15H28N2O2. The van der Waals surface area contributed by atoms with Crippen molar-refractivity contribution in [3.63, 3.8) is 0 Å². The van der Waals surface area contributed by atoms with Crippen molar-refractivity contribution in [1.29, 1.82) is 0 Å². The summed E-state index contributed by atoms with van der Waals surface area (Å²) in [6.07, 6.45) is 3.85. The number of hydrogen-bond acceptors (Lipinski definition) is 3. The lowest BCUT2D eigenvalue weighted by molar-refractivity contribution is 0.0104. The average Bonchev–Trinajstić information content (AvgIpc) is 2.74. The van der Waals surface area contributed by atoms with Crippen molar-refractivity contribution < 1.29 is 9.53 Å². The summed E-state index contributed by atoms with van der Waals surface area (Å²) in [5.74, 6) is 0.869. The highest BCUT2D eigenvalue weighted by atomic mass is 16.6. The zero-order chi connectivity index (χ0) is 14.0. The molecule has 4 nitrogen and oxygen atoms in total. The van der Waals surface area contributed by atoms with Gasteiger partial charge in [0.15, 0.2) is 0 Å². The molecule has 4 heteroatoms. The summed E-state index contributed by atoms with van der Waals surface area (Å²) in [5, 5.41) is 0. The lowest BCUT2D eigenvalue weighted by Gasteiger charge is -2.38. The second-order valence-electron chi connectivity index (χ2n) is 7.08. The smallest absolute Gasteiger partial charge is 0.410 e. The highest BCUT2D eigenvalue weighted by Crippen LogP contribution is 2.29. The monoisotopic (exact) mass is 268 g/mol. The average molecular weight is 268 g/mol. The molecule has 110 valence electrons. The summed E-state index contributed by atoms with van der Waals surface area (Å²) in [6, 6.07) is 0.746. The Balaban J connectivity index is 1.77. The molecule has 2 atom stereocenters. The number of rotatable bonds is 1. The number of ether oxygens (including phenoxy) is 1. The molecule has 0 spiro atoms. The van der Waals surface area contributed by atoms with Gasteiger partial charge in [0.2, 0.25) is 0 Å². The summed E-state index contributed by atoms with van der Waals surface area (Å²) in [4.78, 5) is 16.4. The van der Waals surface area contributed by atoms with Gasteiger partial charge in [-0.25, -0.2) is 4.79 Å². The van der Waals surface area contributed by atoms with Gasteiger partial charge in [0.25, 0.3) is 0 Å². The molecule has 0 N–H and O–H groups in total. The molecule has 0 aromatic heterocycles. The third kappa shape index (κ3) is 4.10. The summed E-state index contributed by atoms with van der Waals surface area (Å²) in [7, 11) is 0. The standard InChI is InChI=1S/C15H28N2O2/c1-12-5-6-13(11-12)16-7-9-17(10-8-16)14(18)19-15(2,3)4/h12-13H,5-11H2,1-4H3/t12-,13+/m0/s1. The van der Waals surface area contributed by atoms with Crippen LogP contribution in [-0.2, 0) is 4.74 Å². The van der Waals surface area contributed by atoms with Crippen LogP contribution in [0.15, 0.2) is 0 Å². The summed E-state index contributed by atoms with van der Waals surface area (Å²) in [5.41, 5.74) is -0.394. The molecule has 0 radical (unpaired) electrons. The Morgan fingerprint density at radius 2 is 1.74 bits per heavy atom. The molecule has 2 aliphatic rings. The number of piperazine rings is 1. The zero-order valence-electron chi connectivity index (χ0n) is 12.8. The van der Waals surface area contributed by atoms with E-state index in [0.717, 1.165) is 38.1 Å². The van der Waals surface area contributed by atoms with E-state index in [0.29, 0.717) is 0 Å². The van der Waals surface area contributed by atoms with Crippen LogP contribution >= 0.6 is 0 Å². The second-order valence-corrected chi connectivity index (χ2v) is 7.08. The first kappa shape index (κ1) is 14.6. The van der Waals surface area contributed by atoms with Crippen LogP contribution in [0.4, 0.5) is 4.79 Å². The van der Waals surface area contributed by atoms with E-state index in [1.54, 1.807) is 0 Å². The molecule has 0 aromatic rings. The van der Waals surface area contributed by atoms with E-state index in [2.05, 4.69) is 11.8 Å².